The third-order valence-electron chi connectivity index (χ3n) is 2.01. The van der Waals surface area contributed by atoms with Crippen LogP contribution in [-0.4, -0.2) is 45.1 Å². The second kappa shape index (κ2) is 4.77. The average molecular weight is 174 g/mol. The summed E-state index contributed by atoms with van der Waals surface area (Å²) in [6.07, 6.45) is 0.279. The van der Waals surface area contributed by atoms with E-state index in [-0.39, 0.29) is 18.2 Å². The lowest BCUT2D eigenvalue weighted by Crippen LogP contribution is -2.38. The zero-order valence-corrected chi connectivity index (χ0v) is 7.75. The van der Waals surface area contributed by atoms with E-state index in [0.29, 0.717) is 6.61 Å². The Labute approximate surface area is 73.4 Å². The van der Waals surface area contributed by atoms with Crippen molar-refractivity contribution in [1.29, 1.82) is 0 Å². The lowest BCUT2D eigenvalue weighted by atomic mass is 10.2. The zero-order chi connectivity index (χ0) is 8.97. The van der Waals surface area contributed by atoms with Crippen molar-refractivity contribution in [3.63, 3.8) is 0 Å². The molecule has 1 fully saturated rings. The SMILES string of the molecule is COCC(C)OC1CNCC1N. The van der Waals surface area contributed by atoms with E-state index in [1.807, 2.05) is 6.92 Å². The van der Waals surface area contributed by atoms with Gasteiger partial charge < -0.3 is 20.5 Å². The van der Waals surface area contributed by atoms with Gasteiger partial charge in [0.15, 0.2) is 0 Å². The van der Waals surface area contributed by atoms with Gasteiger partial charge in [0.05, 0.1) is 18.8 Å². The molecule has 12 heavy (non-hydrogen) atoms. The summed E-state index contributed by atoms with van der Waals surface area (Å²) in [5.41, 5.74) is 5.80. The molecule has 4 heteroatoms. The number of hydrogen-bond acceptors (Lipinski definition) is 4. The summed E-state index contributed by atoms with van der Waals surface area (Å²) in [5, 5.41) is 3.18. The monoisotopic (exact) mass is 174 g/mol. The third-order valence-corrected chi connectivity index (χ3v) is 2.01. The van der Waals surface area contributed by atoms with Crippen LogP contribution in [-0.2, 0) is 9.47 Å². The highest BCUT2D eigenvalue weighted by molar-refractivity contribution is 4.85. The Morgan fingerprint density at radius 1 is 1.58 bits per heavy atom. The number of methoxy groups -OCH3 is 1. The maximum atomic E-state index is 5.80. The molecular weight excluding hydrogens is 156 g/mol. The van der Waals surface area contributed by atoms with Gasteiger partial charge in [0, 0.05) is 26.2 Å². The summed E-state index contributed by atoms with van der Waals surface area (Å²) >= 11 is 0. The summed E-state index contributed by atoms with van der Waals surface area (Å²) in [5.74, 6) is 0. The van der Waals surface area contributed by atoms with Gasteiger partial charge in [0.1, 0.15) is 0 Å². The standard InChI is InChI=1S/C8H18N2O2/c1-6(5-11-2)12-8-4-10-3-7(8)9/h6-8,10H,3-5,9H2,1-2H3. The molecule has 0 aromatic heterocycles. The minimum atomic E-state index is 0.129. The van der Waals surface area contributed by atoms with Gasteiger partial charge in [-0.1, -0.05) is 0 Å². The Morgan fingerprint density at radius 3 is 2.83 bits per heavy atom. The molecule has 0 aromatic rings. The van der Waals surface area contributed by atoms with Crippen LogP contribution in [0.15, 0.2) is 0 Å². The molecule has 0 amide bonds. The van der Waals surface area contributed by atoms with Gasteiger partial charge in [-0.15, -0.1) is 0 Å². The highest BCUT2D eigenvalue weighted by Crippen LogP contribution is 2.05. The van der Waals surface area contributed by atoms with E-state index in [4.69, 9.17) is 15.2 Å². The minimum absolute atomic E-state index is 0.129. The van der Waals surface area contributed by atoms with Crippen molar-refractivity contribution in [2.24, 2.45) is 5.73 Å². The van der Waals surface area contributed by atoms with Crippen LogP contribution < -0.4 is 11.1 Å². The van der Waals surface area contributed by atoms with Gasteiger partial charge in [-0.3, -0.25) is 0 Å². The van der Waals surface area contributed by atoms with Crippen LogP contribution in [0.5, 0.6) is 0 Å². The predicted octanol–water partition coefficient (Wildman–Crippen LogP) is -0.663. The summed E-state index contributed by atoms with van der Waals surface area (Å²) < 4.78 is 10.6. The van der Waals surface area contributed by atoms with Gasteiger partial charge in [0.25, 0.3) is 0 Å². The van der Waals surface area contributed by atoms with Crippen LogP contribution in [0, 0.1) is 0 Å². The van der Waals surface area contributed by atoms with E-state index in [0.717, 1.165) is 13.1 Å². The topological polar surface area (TPSA) is 56.5 Å². The molecule has 1 aliphatic heterocycles. The quantitative estimate of drug-likeness (QED) is 0.594. The van der Waals surface area contributed by atoms with Crippen molar-refractivity contribution < 1.29 is 9.47 Å². The van der Waals surface area contributed by atoms with Crippen molar-refractivity contribution in [2.75, 3.05) is 26.8 Å². The van der Waals surface area contributed by atoms with Gasteiger partial charge in [-0.05, 0) is 6.92 Å². The van der Waals surface area contributed by atoms with Crippen molar-refractivity contribution in [2.45, 2.75) is 25.2 Å². The van der Waals surface area contributed by atoms with Gasteiger partial charge in [-0.25, -0.2) is 0 Å². The van der Waals surface area contributed by atoms with Crippen LogP contribution in [0.2, 0.25) is 0 Å². The molecule has 1 heterocycles. The van der Waals surface area contributed by atoms with E-state index in [2.05, 4.69) is 5.32 Å². The maximum Gasteiger partial charge on any atom is 0.0867 e. The number of ether oxygens (including phenoxy) is 2. The zero-order valence-electron chi connectivity index (χ0n) is 7.75. The van der Waals surface area contributed by atoms with Crippen molar-refractivity contribution in [3.8, 4) is 0 Å². The molecule has 4 nitrogen and oxygen atoms in total. The van der Waals surface area contributed by atoms with Crippen LogP contribution >= 0.6 is 0 Å². The fraction of sp³-hybridized carbons (Fsp3) is 1.00. The second-order valence-corrected chi connectivity index (χ2v) is 3.26. The molecule has 1 rings (SSSR count). The minimum Gasteiger partial charge on any atom is -0.382 e. The maximum absolute atomic E-state index is 5.80. The van der Waals surface area contributed by atoms with Gasteiger partial charge in [-0.2, -0.15) is 0 Å². The smallest absolute Gasteiger partial charge is 0.0867 e. The molecule has 3 unspecified atom stereocenters. The number of nitrogens with one attached hydrogen (secondary N) is 1. The van der Waals surface area contributed by atoms with Crippen LogP contribution in [0.4, 0.5) is 0 Å². The van der Waals surface area contributed by atoms with Crippen molar-refractivity contribution in [3.05, 3.63) is 0 Å². The molecule has 0 bridgehead atoms. The van der Waals surface area contributed by atoms with Crippen molar-refractivity contribution >= 4 is 0 Å². The summed E-state index contributed by atoms with van der Waals surface area (Å²) in [4.78, 5) is 0. The first-order chi connectivity index (χ1) is 5.74. The summed E-state index contributed by atoms with van der Waals surface area (Å²) in [6.45, 7) is 4.33. The van der Waals surface area contributed by atoms with E-state index < -0.39 is 0 Å². The lowest BCUT2D eigenvalue weighted by Gasteiger charge is -2.20. The van der Waals surface area contributed by atoms with Gasteiger partial charge >= 0.3 is 0 Å². The number of nitrogens with two attached hydrogens (primary N) is 1. The molecule has 0 aliphatic carbocycles. The molecule has 0 spiro atoms. The van der Waals surface area contributed by atoms with Crippen LogP contribution in [0.1, 0.15) is 6.92 Å². The van der Waals surface area contributed by atoms with E-state index >= 15 is 0 Å². The third kappa shape index (κ3) is 2.71. The van der Waals surface area contributed by atoms with Gasteiger partial charge in [0.2, 0.25) is 0 Å². The number of hydrogen-bond donors (Lipinski definition) is 2. The first kappa shape index (κ1) is 9.92. The molecule has 1 aliphatic rings. The van der Waals surface area contributed by atoms with E-state index in [1.54, 1.807) is 7.11 Å². The van der Waals surface area contributed by atoms with E-state index in [9.17, 15) is 0 Å². The first-order valence-corrected chi connectivity index (χ1v) is 4.34. The molecule has 0 aromatic carbocycles. The molecular formula is C8H18N2O2. The molecule has 3 N–H and O–H groups in total. The number of rotatable bonds is 4. The lowest BCUT2D eigenvalue weighted by molar-refractivity contribution is -0.0353. The van der Waals surface area contributed by atoms with Crippen LogP contribution in [0.3, 0.4) is 0 Å². The Hall–Kier alpha value is -0.160. The molecule has 0 radical (unpaired) electrons. The molecule has 72 valence electrons. The first-order valence-electron chi connectivity index (χ1n) is 4.34. The normalized spacial score (nSPS) is 32.2. The Morgan fingerprint density at radius 2 is 2.33 bits per heavy atom. The largest absolute Gasteiger partial charge is 0.382 e. The van der Waals surface area contributed by atoms with E-state index in [1.165, 1.54) is 0 Å². The van der Waals surface area contributed by atoms with Crippen molar-refractivity contribution in [1.82, 2.24) is 5.32 Å². The fourth-order valence-electron chi connectivity index (χ4n) is 1.40. The molecule has 1 saturated heterocycles. The summed E-state index contributed by atoms with van der Waals surface area (Å²) in [6, 6.07) is 0.129. The van der Waals surface area contributed by atoms with Crippen LogP contribution in [0.25, 0.3) is 0 Å². The predicted molar refractivity (Wildman–Crippen MR) is 47.1 cm³/mol. The highest BCUT2D eigenvalue weighted by Gasteiger charge is 2.25. The Balaban J connectivity index is 2.20. The Bertz CT molecular complexity index is 132. The molecule has 3 atom stereocenters. The highest BCUT2D eigenvalue weighted by atomic mass is 16.5. The average Bonchev–Trinajstić information content (AvgIpc) is 2.37. The molecule has 0 saturated carbocycles. The summed E-state index contributed by atoms with van der Waals surface area (Å²) in [7, 11) is 1.67. The fourth-order valence-corrected chi connectivity index (χ4v) is 1.40. The Kier molecular flexibility index (Phi) is 3.94. The second-order valence-electron chi connectivity index (χ2n) is 3.26.